The number of benzene rings is 1. The summed E-state index contributed by atoms with van der Waals surface area (Å²) in [6, 6.07) is 3.39. The number of hydroxylamine groups is 2. The first-order valence-electron chi connectivity index (χ1n) is 4.10. The summed E-state index contributed by atoms with van der Waals surface area (Å²) in [6.45, 7) is -0.351. The quantitative estimate of drug-likeness (QED) is 0.255. The highest BCUT2D eigenvalue weighted by atomic mass is 19.1. The standard InChI is InChI=1S/C8H9BFNO4/c10-8-2-1-7(9(13)14)3-6(8)4-11(15)5-12/h1-3,5,13-15H,4H2. The van der Waals surface area contributed by atoms with Crippen molar-refractivity contribution in [2.24, 2.45) is 0 Å². The lowest BCUT2D eigenvalue weighted by Crippen LogP contribution is -2.31. The van der Waals surface area contributed by atoms with Crippen molar-refractivity contribution in [2.75, 3.05) is 0 Å². The molecule has 5 nitrogen and oxygen atoms in total. The average molecular weight is 213 g/mol. The summed E-state index contributed by atoms with van der Waals surface area (Å²) in [5.41, 5.74) is 0.0842. The van der Waals surface area contributed by atoms with Crippen molar-refractivity contribution in [2.45, 2.75) is 6.54 Å². The largest absolute Gasteiger partial charge is 0.488 e. The van der Waals surface area contributed by atoms with Gasteiger partial charge in [0.2, 0.25) is 6.41 Å². The normalized spacial score (nSPS) is 9.87. The van der Waals surface area contributed by atoms with Crippen molar-refractivity contribution in [1.82, 2.24) is 5.06 Å². The fraction of sp³-hybridized carbons (Fsp3) is 0.125. The molecule has 1 aromatic rings. The van der Waals surface area contributed by atoms with E-state index in [2.05, 4.69) is 0 Å². The lowest BCUT2D eigenvalue weighted by molar-refractivity contribution is -0.152. The Morgan fingerprint density at radius 3 is 2.67 bits per heavy atom. The molecule has 7 heteroatoms. The molecule has 0 aromatic heterocycles. The van der Waals surface area contributed by atoms with E-state index in [4.69, 9.17) is 15.3 Å². The van der Waals surface area contributed by atoms with E-state index in [0.717, 1.165) is 12.1 Å². The predicted molar refractivity (Wildman–Crippen MR) is 49.6 cm³/mol. The van der Waals surface area contributed by atoms with Gasteiger partial charge in [0.25, 0.3) is 0 Å². The molecule has 0 aliphatic carbocycles. The van der Waals surface area contributed by atoms with Crippen LogP contribution in [-0.4, -0.2) is 33.8 Å². The van der Waals surface area contributed by atoms with Gasteiger partial charge in [0.15, 0.2) is 0 Å². The van der Waals surface area contributed by atoms with Crippen LogP contribution in [0.2, 0.25) is 0 Å². The van der Waals surface area contributed by atoms with Gasteiger partial charge in [-0.15, -0.1) is 0 Å². The molecule has 80 valence electrons. The average Bonchev–Trinajstić information content (AvgIpc) is 2.20. The fourth-order valence-corrected chi connectivity index (χ4v) is 1.09. The van der Waals surface area contributed by atoms with Crippen molar-refractivity contribution >= 4 is 19.0 Å². The fourth-order valence-electron chi connectivity index (χ4n) is 1.09. The van der Waals surface area contributed by atoms with Crippen molar-refractivity contribution < 1.29 is 24.4 Å². The number of carbonyl (C=O) groups excluding carboxylic acids is 1. The molecule has 1 amide bonds. The van der Waals surface area contributed by atoms with Gasteiger partial charge in [0.1, 0.15) is 5.82 Å². The first kappa shape index (κ1) is 11.6. The number of carbonyl (C=O) groups is 1. The predicted octanol–water partition coefficient (Wildman–Crippen LogP) is -1.15. The molecule has 1 rings (SSSR count). The second kappa shape index (κ2) is 4.88. The molecular formula is C8H9BFNO4. The Bertz CT molecular complexity index is 360. The van der Waals surface area contributed by atoms with Crippen molar-refractivity contribution in [1.29, 1.82) is 0 Å². The third-order valence-electron chi connectivity index (χ3n) is 1.82. The third-order valence-corrected chi connectivity index (χ3v) is 1.82. The number of halogens is 1. The molecule has 0 atom stereocenters. The topological polar surface area (TPSA) is 81.0 Å². The van der Waals surface area contributed by atoms with Crippen LogP contribution in [0.4, 0.5) is 4.39 Å². The Hall–Kier alpha value is -1.44. The van der Waals surface area contributed by atoms with Gasteiger partial charge in [-0.1, -0.05) is 12.1 Å². The summed E-state index contributed by atoms with van der Waals surface area (Å²) < 4.78 is 13.1. The molecule has 0 unspecified atom stereocenters. The van der Waals surface area contributed by atoms with E-state index in [1.54, 1.807) is 0 Å². The second-order valence-corrected chi connectivity index (χ2v) is 2.93. The zero-order valence-electron chi connectivity index (χ0n) is 7.67. The first-order chi connectivity index (χ1) is 7.04. The number of nitrogens with zero attached hydrogens (tertiary/aromatic N) is 1. The van der Waals surface area contributed by atoms with E-state index >= 15 is 0 Å². The highest BCUT2D eigenvalue weighted by Gasteiger charge is 2.14. The van der Waals surface area contributed by atoms with E-state index in [-0.39, 0.29) is 29.0 Å². The molecule has 0 fully saturated rings. The van der Waals surface area contributed by atoms with Crippen molar-refractivity contribution in [3.05, 3.63) is 29.6 Å². The maximum Gasteiger partial charge on any atom is 0.488 e. The molecule has 0 spiro atoms. The van der Waals surface area contributed by atoms with Crippen molar-refractivity contribution in [3.63, 3.8) is 0 Å². The van der Waals surface area contributed by atoms with Crippen LogP contribution in [0.15, 0.2) is 18.2 Å². The summed E-state index contributed by atoms with van der Waals surface area (Å²) in [5.74, 6) is -0.639. The summed E-state index contributed by atoms with van der Waals surface area (Å²) in [6.07, 6.45) is 0.126. The second-order valence-electron chi connectivity index (χ2n) is 2.93. The maximum atomic E-state index is 13.1. The van der Waals surface area contributed by atoms with Crippen LogP contribution in [0.5, 0.6) is 0 Å². The summed E-state index contributed by atoms with van der Waals surface area (Å²) in [4.78, 5) is 10.1. The Balaban J connectivity index is 2.95. The van der Waals surface area contributed by atoms with E-state index in [9.17, 15) is 9.18 Å². The van der Waals surface area contributed by atoms with Gasteiger partial charge in [-0.3, -0.25) is 10.0 Å². The zero-order chi connectivity index (χ0) is 11.4. The highest BCUT2D eigenvalue weighted by molar-refractivity contribution is 6.58. The molecule has 15 heavy (non-hydrogen) atoms. The molecule has 0 heterocycles. The number of rotatable bonds is 4. The van der Waals surface area contributed by atoms with Crippen LogP contribution in [0.1, 0.15) is 5.56 Å². The van der Waals surface area contributed by atoms with Gasteiger partial charge < -0.3 is 10.0 Å². The van der Waals surface area contributed by atoms with Gasteiger partial charge >= 0.3 is 7.12 Å². The molecule has 0 radical (unpaired) electrons. The minimum absolute atomic E-state index is 0.00444. The van der Waals surface area contributed by atoms with E-state index < -0.39 is 12.9 Å². The van der Waals surface area contributed by atoms with Crippen LogP contribution in [0.3, 0.4) is 0 Å². The Kier molecular flexibility index (Phi) is 3.78. The van der Waals surface area contributed by atoms with E-state index in [1.165, 1.54) is 6.07 Å². The summed E-state index contributed by atoms with van der Waals surface area (Å²) >= 11 is 0. The molecule has 0 bridgehead atoms. The number of hydrogen-bond acceptors (Lipinski definition) is 4. The molecule has 0 aliphatic rings. The Morgan fingerprint density at radius 2 is 2.13 bits per heavy atom. The van der Waals surface area contributed by atoms with Crippen LogP contribution in [0, 0.1) is 5.82 Å². The van der Waals surface area contributed by atoms with Crippen molar-refractivity contribution in [3.8, 4) is 0 Å². The third kappa shape index (κ3) is 3.02. The smallest absolute Gasteiger partial charge is 0.423 e. The Labute approximate surface area is 85.5 Å². The molecule has 0 aliphatic heterocycles. The minimum Gasteiger partial charge on any atom is -0.423 e. The van der Waals surface area contributed by atoms with Gasteiger partial charge in [0, 0.05) is 5.56 Å². The first-order valence-corrected chi connectivity index (χ1v) is 4.10. The molecule has 0 saturated heterocycles. The summed E-state index contributed by atoms with van der Waals surface area (Å²) in [5, 5.41) is 26.7. The lowest BCUT2D eigenvalue weighted by Gasteiger charge is -2.10. The highest BCUT2D eigenvalue weighted by Crippen LogP contribution is 2.07. The van der Waals surface area contributed by atoms with Crippen LogP contribution >= 0.6 is 0 Å². The molecule has 1 aromatic carbocycles. The van der Waals surface area contributed by atoms with Crippen LogP contribution < -0.4 is 5.46 Å². The molecular weight excluding hydrogens is 204 g/mol. The SMILES string of the molecule is O=CN(O)Cc1cc(B(O)O)ccc1F. The monoisotopic (exact) mass is 213 g/mol. The number of hydrogen-bond donors (Lipinski definition) is 3. The van der Waals surface area contributed by atoms with Gasteiger partial charge in [-0.05, 0) is 11.5 Å². The molecule has 3 N–H and O–H groups in total. The summed E-state index contributed by atoms with van der Waals surface area (Å²) in [7, 11) is -1.72. The van der Waals surface area contributed by atoms with Crippen LogP contribution in [0.25, 0.3) is 0 Å². The maximum absolute atomic E-state index is 13.1. The zero-order valence-corrected chi connectivity index (χ0v) is 7.67. The van der Waals surface area contributed by atoms with Gasteiger partial charge in [-0.2, -0.15) is 0 Å². The van der Waals surface area contributed by atoms with E-state index in [1.807, 2.05) is 0 Å². The minimum atomic E-state index is -1.72. The van der Waals surface area contributed by atoms with E-state index in [0.29, 0.717) is 0 Å². The number of amides is 1. The van der Waals surface area contributed by atoms with Gasteiger partial charge in [0.05, 0.1) is 6.54 Å². The Morgan fingerprint density at radius 1 is 1.47 bits per heavy atom. The lowest BCUT2D eigenvalue weighted by atomic mass is 9.79. The molecule has 0 saturated carbocycles. The van der Waals surface area contributed by atoms with Crippen LogP contribution in [-0.2, 0) is 11.3 Å². The van der Waals surface area contributed by atoms with Gasteiger partial charge in [-0.25, -0.2) is 9.45 Å².